The summed E-state index contributed by atoms with van der Waals surface area (Å²) in [5, 5.41) is 21.2. The van der Waals surface area contributed by atoms with E-state index in [1.54, 1.807) is 85.0 Å². The molecule has 1 aromatic heterocycles. The maximum atomic E-state index is 12.2. The molecule has 0 spiro atoms. The minimum Gasteiger partial charge on any atom is -0.456 e. The average Bonchev–Trinajstić information content (AvgIpc) is 3.48. The minimum absolute atomic E-state index is 0.111. The van der Waals surface area contributed by atoms with Crippen LogP contribution in [0.15, 0.2) is 113 Å². The van der Waals surface area contributed by atoms with Crippen LogP contribution in [0.4, 0.5) is 9.59 Å². The molecule has 43 heavy (non-hydrogen) atoms. The molecule has 0 saturated heterocycles. The summed E-state index contributed by atoms with van der Waals surface area (Å²) in [6, 6.07) is 17.6. The summed E-state index contributed by atoms with van der Waals surface area (Å²) in [5.41, 5.74) is 2.53. The van der Waals surface area contributed by atoms with E-state index in [4.69, 9.17) is 49.1 Å². The molecule has 1 heterocycles. The molecule has 0 saturated carbocycles. The highest BCUT2D eigenvalue weighted by atomic mass is 32.1. The molecule has 5 rings (SSSR count). The molecular formula is C32H24N4O5S2. The molecule has 2 aliphatic rings. The van der Waals surface area contributed by atoms with E-state index in [1.807, 2.05) is 12.1 Å². The Morgan fingerprint density at radius 1 is 0.651 bits per heavy atom. The van der Waals surface area contributed by atoms with Gasteiger partial charge in [-0.2, -0.15) is 0 Å². The Morgan fingerprint density at radius 3 is 1.42 bits per heavy atom. The normalized spacial score (nSPS) is 14.0. The van der Waals surface area contributed by atoms with E-state index in [1.165, 1.54) is 0 Å². The number of alkyl carbamates (subject to hydrolysis) is 2. The van der Waals surface area contributed by atoms with Crippen molar-refractivity contribution < 1.29 is 23.5 Å². The van der Waals surface area contributed by atoms with Crippen LogP contribution in [0, 0.1) is 10.8 Å². The number of carbonyl (C=O) groups excluding carboxylic acids is 2. The first kappa shape index (κ1) is 29.2. The number of carbonyl (C=O) groups is 2. The Bertz CT molecular complexity index is 1640. The van der Waals surface area contributed by atoms with E-state index in [9.17, 15) is 9.59 Å². The maximum Gasteiger partial charge on any atom is 0.418 e. The van der Waals surface area contributed by atoms with Crippen LogP contribution in [0.1, 0.15) is 24.0 Å². The summed E-state index contributed by atoms with van der Waals surface area (Å²) in [7, 11) is 0. The van der Waals surface area contributed by atoms with Crippen LogP contribution in [0.25, 0.3) is 22.6 Å². The molecule has 214 valence electrons. The fourth-order valence-corrected chi connectivity index (χ4v) is 4.53. The van der Waals surface area contributed by atoms with E-state index in [0.29, 0.717) is 56.7 Å². The average molecular weight is 609 g/mol. The van der Waals surface area contributed by atoms with Gasteiger partial charge >= 0.3 is 12.2 Å². The van der Waals surface area contributed by atoms with Crippen LogP contribution in [0.2, 0.25) is 0 Å². The van der Waals surface area contributed by atoms with Gasteiger partial charge in [-0.15, -0.1) is 0 Å². The molecule has 0 atom stereocenters. The molecule has 9 nitrogen and oxygen atoms in total. The Balaban J connectivity index is 1.16. The first-order chi connectivity index (χ1) is 20.7. The van der Waals surface area contributed by atoms with E-state index < -0.39 is 12.2 Å². The highest BCUT2D eigenvalue weighted by Gasteiger charge is 2.14. The number of thiocarbonyl (C=S) groups is 2. The molecule has 0 radical (unpaired) electrons. The highest BCUT2D eigenvalue weighted by Crippen LogP contribution is 2.29. The molecule has 2 aliphatic carbocycles. The van der Waals surface area contributed by atoms with Crippen LogP contribution in [0.3, 0.4) is 0 Å². The van der Waals surface area contributed by atoms with E-state index in [0.717, 1.165) is 11.1 Å². The van der Waals surface area contributed by atoms with Gasteiger partial charge in [0.2, 0.25) is 0 Å². The van der Waals surface area contributed by atoms with Gasteiger partial charge in [0.25, 0.3) is 0 Å². The summed E-state index contributed by atoms with van der Waals surface area (Å²) in [5.74, 6) is 1.65. The number of rotatable bonds is 6. The fourth-order valence-electron chi connectivity index (χ4n) is 4.10. The van der Waals surface area contributed by atoms with Crippen molar-refractivity contribution in [1.29, 1.82) is 10.8 Å². The lowest BCUT2D eigenvalue weighted by Gasteiger charge is -2.11. The number of amides is 2. The van der Waals surface area contributed by atoms with Crippen LogP contribution in [-0.2, 0) is 9.47 Å². The second kappa shape index (κ2) is 13.1. The van der Waals surface area contributed by atoms with Crippen molar-refractivity contribution in [2.45, 2.75) is 12.8 Å². The van der Waals surface area contributed by atoms with Crippen molar-refractivity contribution >= 4 is 58.0 Å². The second-order valence-corrected chi connectivity index (χ2v) is 10.4. The maximum absolute atomic E-state index is 12.2. The predicted octanol–water partition coefficient (Wildman–Crippen LogP) is 7.14. The zero-order valence-corrected chi connectivity index (χ0v) is 24.1. The van der Waals surface area contributed by atoms with Crippen LogP contribution in [-0.4, -0.2) is 33.6 Å². The van der Waals surface area contributed by atoms with Crippen LogP contribution < -0.4 is 10.6 Å². The van der Waals surface area contributed by atoms with Crippen molar-refractivity contribution in [2.75, 3.05) is 0 Å². The van der Waals surface area contributed by atoms with Gasteiger partial charge in [0, 0.05) is 44.8 Å². The molecule has 0 fully saturated rings. The minimum atomic E-state index is -0.776. The van der Waals surface area contributed by atoms with Gasteiger partial charge in [-0.25, -0.2) is 9.59 Å². The van der Waals surface area contributed by atoms with Gasteiger partial charge in [-0.1, -0.05) is 85.1 Å². The smallest absolute Gasteiger partial charge is 0.418 e. The summed E-state index contributed by atoms with van der Waals surface area (Å²) in [6.07, 6.45) is 9.85. The molecule has 3 aromatic rings. The van der Waals surface area contributed by atoms with E-state index in [2.05, 4.69) is 10.6 Å². The Hall–Kier alpha value is -5.26. The van der Waals surface area contributed by atoms with Gasteiger partial charge < -0.3 is 13.9 Å². The number of ether oxygens (including phenoxy) is 2. The molecule has 0 aliphatic heterocycles. The summed E-state index contributed by atoms with van der Waals surface area (Å²) in [4.78, 5) is 25.7. The zero-order chi connectivity index (χ0) is 30.3. The highest BCUT2D eigenvalue weighted by molar-refractivity contribution is 7.81. The first-order valence-electron chi connectivity index (χ1n) is 13.0. The van der Waals surface area contributed by atoms with Gasteiger partial charge in [-0.3, -0.25) is 21.5 Å². The Labute approximate surface area is 257 Å². The zero-order valence-electron chi connectivity index (χ0n) is 22.5. The first-order valence-corrected chi connectivity index (χ1v) is 13.8. The summed E-state index contributed by atoms with van der Waals surface area (Å²) in [6.45, 7) is 0. The molecule has 4 N–H and O–H groups in total. The lowest BCUT2D eigenvalue weighted by Crippen LogP contribution is -2.31. The quantitative estimate of drug-likeness (QED) is 0.133. The van der Waals surface area contributed by atoms with Crippen LogP contribution in [0.5, 0.6) is 0 Å². The molecular weight excluding hydrogens is 585 g/mol. The lowest BCUT2D eigenvalue weighted by molar-refractivity contribution is 0.183. The second-order valence-electron chi connectivity index (χ2n) is 9.34. The summed E-state index contributed by atoms with van der Waals surface area (Å²) >= 11 is 10.2. The van der Waals surface area contributed by atoms with E-state index in [-0.39, 0.29) is 11.7 Å². The molecule has 2 aromatic carbocycles. The SMILES string of the molecule is N=C(NC(=O)OC1=CC(=S)CC=C1)c1ccc(-c2ccc(-c3ccc(C(=N)NC(=O)OC4=CC(=S)CC=C4)cc3)o2)cc1. The number of allylic oxidation sites excluding steroid dienone is 6. The predicted molar refractivity (Wildman–Crippen MR) is 171 cm³/mol. The molecule has 11 heteroatoms. The largest absolute Gasteiger partial charge is 0.456 e. The third-order valence-corrected chi connectivity index (χ3v) is 6.78. The van der Waals surface area contributed by atoms with Gasteiger partial charge in [0.1, 0.15) is 34.7 Å². The molecule has 0 unspecified atom stereocenters. The standard InChI is InChI=1S/C32H24N4O5S2/c33-29(35-31(37)39-23-3-1-5-25(42)17-23)21-11-7-19(8-12-21)27-15-16-28(41-27)20-9-13-22(14-10-20)30(34)36-32(38)40-24-4-2-6-26(43)18-24/h1-4,7-18H,5-6H2,(H2,33,35,37)(H2,34,36,38). The topological polar surface area (TPSA) is 138 Å². The number of benzene rings is 2. The molecule has 2 amide bonds. The van der Waals surface area contributed by atoms with Crippen molar-refractivity contribution in [3.05, 3.63) is 120 Å². The summed E-state index contributed by atoms with van der Waals surface area (Å²) < 4.78 is 16.4. The molecule has 0 bridgehead atoms. The van der Waals surface area contributed by atoms with Crippen LogP contribution >= 0.6 is 24.4 Å². The van der Waals surface area contributed by atoms with Gasteiger partial charge in [0.15, 0.2) is 0 Å². The Kier molecular flexibility index (Phi) is 8.94. The number of hydrogen-bond donors (Lipinski definition) is 4. The van der Waals surface area contributed by atoms with Crippen molar-refractivity contribution in [3.63, 3.8) is 0 Å². The Morgan fingerprint density at radius 2 is 1.05 bits per heavy atom. The lowest BCUT2D eigenvalue weighted by atomic mass is 10.1. The number of hydrogen-bond acceptors (Lipinski definition) is 9. The number of amidine groups is 2. The fraction of sp³-hybridized carbons (Fsp3) is 0.0625. The van der Waals surface area contributed by atoms with Crippen molar-refractivity contribution in [3.8, 4) is 22.6 Å². The van der Waals surface area contributed by atoms with E-state index >= 15 is 0 Å². The monoisotopic (exact) mass is 608 g/mol. The third kappa shape index (κ3) is 7.73. The van der Waals surface area contributed by atoms with Crippen molar-refractivity contribution in [2.24, 2.45) is 0 Å². The number of nitrogens with one attached hydrogen (secondary N) is 4. The van der Waals surface area contributed by atoms with Gasteiger partial charge in [-0.05, 0) is 36.4 Å². The van der Waals surface area contributed by atoms with Gasteiger partial charge in [0.05, 0.1) is 0 Å². The number of furan rings is 1. The third-order valence-electron chi connectivity index (χ3n) is 6.21. The van der Waals surface area contributed by atoms with Crippen molar-refractivity contribution in [1.82, 2.24) is 10.6 Å².